The van der Waals surface area contributed by atoms with Gasteiger partial charge in [-0.05, 0) is 19.4 Å². The maximum absolute atomic E-state index is 11.7. The van der Waals surface area contributed by atoms with E-state index in [1.165, 1.54) is 17.1 Å². The molecule has 1 aliphatic heterocycles. The number of hydrogen-bond acceptors (Lipinski definition) is 4. The Labute approximate surface area is 104 Å². The third-order valence-corrected chi connectivity index (χ3v) is 2.81. The highest BCUT2D eigenvalue weighted by Gasteiger charge is 2.17. The SMILES string of the molecule is O=C(O)Cn1cc(NC(=O)CC2CCCN2)cn1. The van der Waals surface area contributed by atoms with Crippen molar-refractivity contribution in [2.45, 2.75) is 31.8 Å². The first-order valence-electron chi connectivity index (χ1n) is 5.91. The van der Waals surface area contributed by atoms with Gasteiger partial charge in [0.15, 0.2) is 0 Å². The van der Waals surface area contributed by atoms with Crippen molar-refractivity contribution in [3.8, 4) is 0 Å². The number of carboxylic acid groups (broad SMARTS) is 1. The number of hydrogen-bond donors (Lipinski definition) is 3. The van der Waals surface area contributed by atoms with Crippen LogP contribution in [0.25, 0.3) is 0 Å². The molecule has 0 aliphatic carbocycles. The second kappa shape index (κ2) is 5.63. The van der Waals surface area contributed by atoms with Crippen LogP contribution < -0.4 is 10.6 Å². The number of aliphatic carboxylic acids is 1. The fourth-order valence-electron chi connectivity index (χ4n) is 2.02. The standard InChI is InChI=1S/C11H16N4O3/c16-10(4-8-2-1-3-12-8)14-9-5-13-15(6-9)7-11(17)18/h5-6,8,12H,1-4,7H2,(H,14,16)(H,17,18). The topological polar surface area (TPSA) is 96.2 Å². The minimum absolute atomic E-state index is 0.0794. The van der Waals surface area contributed by atoms with E-state index in [1.54, 1.807) is 0 Å². The molecule has 1 atom stereocenters. The Kier molecular flexibility index (Phi) is 3.93. The fraction of sp³-hybridized carbons (Fsp3) is 0.545. The largest absolute Gasteiger partial charge is 0.480 e. The average molecular weight is 252 g/mol. The van der Waals surface area contributed by atoms with Crippen molar-refractivity contribution in [3.63, 3.8) is 0 Å². The van der Waals surface area contributed by atoms with Gasteiger partial charge < -0.3 is 15.7 Å². The first-order chi connectivity index (χ1) is 8.63. The average Bonchev–Trinajstić information content (AvgIpc) is 2.89. The van der Waals surface area contributed by atoms with E-state index in [2.05, 4.69) is 15.7 Å². The van der Waals surface area contributed by atoms with Gasteiger partial charge in [0.1, 0.15) is 6.54 Å². The molecule has 0 radical (unpaired) electrons. The predicted octanol–water partition coefficient (Wildman–Crippen LogP) is 0.0483. The van der Waals surface area contributed by atoms with Gasteiger partial charge in [0.2, 0.25) is 5.91 Å². The van der Waals surface area contributed by atoms with E-state index in [9.17, 15) is 9.59 Å². The lowest BCUT2D eigenvalue weighted by Crippen LogP contribution is -2.27. The van der Waals surface area contributed by atoms with Crippen molar-refractivity contribution in [2.24, 2.45) is 0 Å². The Morgan fingerprint density at radius 2 is 2.44 bits per heavy atom. The summed E-state index contributed by atoms with van der Waals surface area (Å²) in [5.41, 5.74) is 0.527. The second-order valence-corrected chi connectivity index (χ2v) is 4.37. The van der Waals surface area contributed by atoms with Crippen LogP contribution in [0, 0.1) is 0 Å². The summed E-state index contributed by atoms with van der Waals surface area (Å²) in [4.78, 5) is 22.2. The van der Waals surface area contributed by atoms with Gasteiger partial charge in [0.05, 0.1) is 11.9 Å². The molecule has 1 aromatic heterocycles. The third-order valence-electron chi connectivity index (χ3n) is 2.81. The zero-order valence-corrected chi connectivity index (χ0v) is 9.93. The Morgan fingerprint density at radius 1 is 1.61 bits per heavy atom. The van der Waals surface area contributed by atoms with E-state index in [4.69, 9.17) is 5.11 Å². The summed E-state index contributed by atoms with van der Waals surface area (Å²) in [6, 6.07) is 0.249. The molecule has 7 heteroatoms. The molecule has 1 aliphatic rings. The molecule has 3 N–H and O–H groups in total. The highest BCUT2D eigenvalue weighted by atomic mass is 16.4. The van der Waals surface area contributed by atoms with Crippen LogP contribution in [0.2, 0.25) is 0 Å². The predicted molar refractivity (Wildman–Crippen MR) is 64.1 cm³/mol. The molecule has 0 saturated carbocycles. The molecular formula is C11H16N4O3. The van der Waals surface area contributed by atoms with E-state index >= 15 is 0 Å². The number of carbonyl (C=O) groups is 2. The number of carbonyl (C=O) groups excluding carboxylic acids is 1. The minimum atomic E-state index is -0.967. The van der Waals surface area contributed by atoms with Crippen molar-refractivity contribution in [2.75, 3.05) is 11.9 Å². The molecule has 0 spiro atoms. The van der Waals surface area contributed by atoms with E-state index in [0.29, 0.717) is 12.1 Å². The highest BCUT2D eigenvalue weighted by molar-refractivity contribution is 5.90. The van der Waals surface area contributed by atoms with E-state index in [0.717, 1.165) is 19.4 Å². The van der Waals surface area contributed by atoms with Crippen LogP contribution in [0.1, 0.15) is 19.3 Å². The van der Waals surface area contributed by atoms with Crippen LogP contribution in [-0.4, -0.2) is 39.4 Å². The fourth-order valence-corrected chi connectivity index (χ4v) is 2.02. The molecular weight excluding hydrogens is 236 g/mol. The van der Waals surface area contributed by atoms with Crippen molar-refractivity contribution >= 4 is 17.6 Å². The number of aromatic nitrogens is 2. The van der Waals surface area contributed by atoms with Crippen LogP contribution in [0.4, 0.5) is 5.69 Å². The van der Waals surface area contributed by atoms with Crippen molar-refractivity contribution in [1.29, 1.82) is 0 Å². The maximum atomic E-state index is 11.7. The summed E-state index contributed by atoms with van der Waals surface area (Å²) in [7, 11) is 0. The van der Waals surface area contributed by atoms with Crippen LogP contribution in [0.15, 0.2) is 12.4 Å². The van der Waals surface area contributed by atoms with Crippen LogP contribution in [0.3, 0.4) is 0 Å². The number of anilines is 1. The maximum Gasteiger partial charge on any atom is 0.325 e. The second-order valence-electron chi connectivity index (χ2n) is 4.37. The lowest BCUT2D eigenvalue weighted by Gasteiger charge is -2.08. The lowest BCUT2D eigenvalue weighted by atomic mass is 10.1. The lowest BCUT2D eigenvalue weighted by molar-refractivity contribution is -0.137. The zero-order chi connectivity index (χ0) is 13.0. The van der Waals surface area contributed by atoms with Crippen molar-refractivity contribution in [3.05, 3.63) is 12.4 Å². The summed E-state index contributed by atoms with van der Waals surface area (Å²) in [5.74, 6) is -1.05. The van der Waals surface area contributed by atoms with Gasteiger partial charge in [-0.15, -0.1) is 0 Å². The van der Waals surface area contributed by atoms with Gasteiger partial charge in [0, 0.05) is 18.7 Å². The molecule has 7 nitrogen and oxygen atoms in total. The Morgan fingerprint density at radius 3 is 3.11 bits per heavy atom. The van der Waals surface area contributed by atoms with Gasteiger partial charge in [-0.1, -0.05) is 0 Å². The van der Waals surface area contributed by atoms with Gasteiger partial charge in [-0.2, -0.15) is 5.10 Å². The van der Waals surface area contributed by atoms with Gasteiger partial charge in [-0.25, -0.2) is 0 Å². The quantitative estimate of drug-likeness (QED) is 0.688. The molecule has 2 rings (SSSR count). The molecule has 1 fully saturated rings. The Balaban J connectivity index is 1.82. The van der Waals surface area contributed by atoms with Gasteiger partial charge in [0.25, 0.3) is 0 Å². The number of nitrogens with zero attached hydrogens (tertiary/aromatic N) is 2. The molecule has 1 saturated heterocycles. The van der Waals surface area contributed by atoms with Gasteiger partial charge in [-0.3, -0.25) is 14.3 Å². The summed E-state index contributed by atoms with van der Waals surface area (Å²) < 4.78 is 1.27. The van der Waals surface area contributed by atoms with Gasteiger partial charge >= 0.3 is 5.97 Å². The summed E-state index contributed by atoms with van der Waals surface area (Å²) in [5, 5.41) is 18.4. The molecule has 1 amide bonds. The van der Waals surface area contributed by atoms with Crippen molar-refractivity contribution < 1.29 is 14.7 Å². The monoisotopic (exact) mass is 252 g/mol. The molecule has 1 unspecified atom stereocenters. The summed E-state index contributed by atoms with van der Waals surface area (Å²) >= 11 is 0. The van der Waals surface area contributed by atoms with E-state index in [1.807, 2.05) is 0 Å². The first-order valence-corrected chi connectivity index (χ1v) is 5.91. The molecule has 1 aromatic rings. The summed E-state index contributed by atoms with van der Waals surface area (Å²) in [6.07, 6.45) is 5.52. The van der Waals surface area contributed by atoms with Crippen LogP contribution in [-0.2, 0) is 16.1 Å². The highest BCUT2D eigenvalue weighted by Crippen LogP contribution is 2.11. The van der Waals surface area contributed by atoms with E-state index in [-0.39, 0.29) is 18.5 Å². The normalized spacial score (nSPS) is 18.8. The summed E-state index contributed by atoms with van der Waals surface area (Å²) in [6.45, 7) is 0.758. The van der Waals surface area contributed by atoms with E-state index < -0.39 is 5.97 Å². The molecule has 2 heterocycles. The number of nitrogens with one attached hydrogen (secondary N) is 2. The van der Waals surface area contributed by atoms with Crippen molar-refractivity contribution in [1.82, 2.24) is 15.1 Å². The smallest absolute Gasteiger partial charge is 0.325 e. The van der Waals surface area contributed by atoms with Crippen LogP contribution in [0.5, 0.6) is 0 Å². The molecule has 18 heavy (non-hydrogen) atoms. The molecule has 0 aromatic carbocycles. The first kappa shape index (κ1) is 12.6. The Bertz CT molecular complexity index is 437. The zero-order valence-electron chi connectivity index (χ0n) is 9.93. The van der Waals surface area contributed by atoms with Crippen LogP contribution >= 0.6 is 0 Å². The molecule has 0 bridgehead atoms. The Hall–Kier alpha value is -1.89. The number of carboxylic acids is 1. The third kappa shape index (κ3) is 3.56. The minimum Gasteiger partial charge on any atom is -0.480 e. The number of rotatable bonds is 5. The number of amides is 1. The molecule has 98 valence electrons.